The maximum atomic E-state index is 12.4. The third-order valence-corrected chi connectivity index (χ3v) is 4.89. The van der Waals surface area contributed by atoms with Crippen LogP contribution < -0.4 is 10.8 Å². The zero-order valence-corrected chi connectivity index (χ0v) is 16.2. The van der Waals surface area contributed by atoms with Gasteiger partial charge in [-0.1, -0.05) is 26.8 Å². The molecule has 1 fully saturated rings. The third kappa shape index (κ3) is 3.29. The number of amides is 1. The summed E-state index contributed by atoms with van der Waals surface area (Å²) in [6, 6.07) is 5.68. The Hall–Kier alpha value is -2.12. The van der Waals surface area contributed by atoms with Crippen molar-refractivity contribution in [3.63, 3.8) is 0 Å². The first-order valence-electron chi connectivity index (χ1n) is 8.68. The summed E-state index contributed by atoms with van der Waals surface area (Å²) in [7, 11) is -0.539. The number of rotatable bonds is 2. The lowest BCUT2D eigenvalue weighted by Crippen LogP contribution is -2.42. The minimum atomic E-state index is -0.664. The van der Waals surface area contributed by atoms with Gasteiger partial charge >= 0.3 is 7.12 Å². The Morgan fingerprint density at radius 2 is 1.88 bits per heavy atom. The Morgan fingerprint density at radius 1 is 1.19 bits per heavy atom. The maximum absolute atomic E-state index is 12.4. The van der Waals surface area contributed by atoms with Crippen LogP contribution in [0.1, 0.15) is 41.5 Å². The molecule has 1 atom stereocenters. The van der Waals surface area contributed by atoms with Gasteiger partial charge in [0.2, 0.25) is 11.5 Å². The molecule has 6 nitrogen and oxygen atoms in total. The molecular formula is C19H25BN3O3+. The number of nitrogens with zero attached hydrogens (tertiary/aromatic N) is 2. The number of fused-ring (bicyclic) bond motifs is 1. The van der Waals surface area contributed by atoms with E-state index in [1.54, 1.807) is 0 Å². The van der Waals surface area contributed by atoms with Gasteiger partial charge in [0.1, 0.15) is 17.7 Å². The van der Waals surface area contributed by atoms with Crippen LogP contribution in [0.5, 0.6) is 0 Å². The zero-order valence-electron chi connectivity index (χ0n) is 16.2. The summed E-state index contributed by atoms with van der Waals surface area (Å²) in [5.41, 5.74) is -0.139. The van der Waals surface area contributed by atoms with E-state index in [-0.39, 0.29) is 5.91 Å². The minimum Gasteiger partial charge on any atom is -0.395 e. The number of nitrogens with one attached hydrogen (secondary N) is 1. The Balaban J connectivity index is 1.98. The summed E-state index contributed by atoms with van der Waals surface area (Å²) in [6.45, 7) is 15.5. The first kappa shape index (κ1) is 18.7. The number of benzene rings is 1. The molecule has 3 rings (SSSR count). The number of anilines is 1. The van der Waals surface area contributed by atoms with Crippen molar-refractivity contribution in [2.24, 2.45) is 5.41 Å². The van der Waals surface area contributed by atoms with Crippen LogP contribution in [0.3, 0.4) is 0 Å². The van der Waals surface area contributed by atoms with E-state index >= 15 is 0 Å². The predicted molar refractivity (Wildman–Crippen MR) is 103 cm³/mol. The molecule has 1 unspecified atom stereocenters. The van der Waals surface area contributed by atoms with Crippen LogP contribution in [0.2, 0.25) is 0 Å². The number of hydrogen-bond donors (Lipinski definition) is 1. The van der Waals surface area contributed by atoms with E-state index in [1.807, 2.05) is 59.7 Å². The lowest BCUT2D eigenvalue weighted by molar-refractivity contribution is -0.123. The molecule has 0 bridgehead atoms. The van der Waals surface area contributed by atoms with Crippen molar-refractivity contribution < 1.29 is 14.1 Å². The predicted octanol–water partition coefficient (Wildman–Crippen LogP) is 2.73. The van der Waals surface area contributed by atoms with Gasteiger partial charge < -0.3 is 14.6 Å². The molecule has 2 aromatic rings. The Kier molecular flexibility index (Phi) is 4.28. The fourth-order valence-electron chi connectivity index (χ4n) is 2.55. The minimum absolute atomic E-state index is 0.109. The molecule has 0 saturated carbocycles. The second-order valence-corrected chi connectivity index (χ2v) is 8.51. The van der Waals surface area contributed by atoms with E-state index in [2.05, 4.69) is 22.2 Å². The van der Waals surface area contributed by atoms with Crippen LogP contribution in [0.4, 0.5) is 5.82 Å². The molecule has 1 amide bonds. The average molecular weight is 354 g/mol. The van der Waals surface area contributed by atoms with Crippen LogP contribution >= 0.6 is 0 Å². The second-order valence-electron chi connectivity index (χ2n) is 8.51. The number of hydrogen-bond acceptors (Lipinski definition) is 5. The van der Waals surface area contributed by atoms with Crippen molar-refractivity contribution in [1.82, 2.24) is 9.97 Å². The summed E-state index contributed by atoms with van der Waals surface area (Å²) in [6.07, 6.45) is 1.44. The van der Waals surface area contributed by atoms with E-state index in [1.165, 1.54) is 6.33 Å². The molecule has 0 radical (unpaired) electrons. The van der Waals surface area contributed by atoms with Crippen LogP contribution in [-0.4, -0.2) is 34.2 Å². The molecule has 1 aliphatic rings. The molecule has 1 aromatic heterocycles. The molecule has 1 aliphatic heterocycles. The highest BCUT2D eigenvalue weighted by molar-refractivity contribution is 6.62. The summed E-state index contributed by atoms with van der Waals surface area (Å²) in [4.78, 5) is 20.9. The average Bonchev–Trinajstić information content (AvgIpc) is 2.74. The number of carbonyl (C=O) groups excluding carboxylic acids is 1. The highest BCUT2D eigenvalue weighted by Gasteiger charge is 2.57. The fourth-order valence-corrected chi connectivity index (χ4v) is 2.55. The highest BCUT2D eigenvalue weighted by Crippen LogP contribution is 2.36. The quantitative estimate of drug-likeness (QED) is 0.663. The number of aromatic nitrogens is 2. The van der Waals surface area contributed by atoms with Gasteiger partial charge in [0.25, 0.3) is 0 Å². The standard InChI is InChI=1S/C19H24BN3O3/c1-17(2,3)16(24)23-15-13-10-12(8-9-14(13)21-11-22-15)20-25-18(4,5)19(6,7)26-20/h8-11H,4H2,1-3,5-7H3/p+1. The van der Waals surface area contributed by atoms with Gasteiger partial charge in [-0.3, -0.25) is 4.79 Å². The molecule has 0 spiro atoms. The normalized spacial score (nSPS) is 22.6. The van der Waals surface area contributed by atoms with E-state index < -0.39 is 23.7 Å². The summed E-state index contributed by atoms with van der Waals surface area (Å²) in [5.74, 6) is 0.370. The third-order valence-electron chi connectivity index (χ3n) is 4.89. The van der Waals surface area contributed by atoms with E-state index in [9.17, 15) is 4.79 Å². The van der Waals surface area contributed by atoms with Gasteiger partial charge in [-0.15, -0.1) is 0 Å². The Morgan fingerprint density at radius 3 is 2.46 bits per heavy atom. The summed E-state index contributed by atoms with van der Waals surface area (Å²) in [5, 5.41) is 3.63. The van der Waals surface area contributed by atoms with Crippen molar-refractivity contribution in [1.29, 1.82) is 0 Å². The van der Waals surface area contributed by atoms with Crippen LogP contribution in [0.15, 0.2) is 24.5 Å². The molecule has 26 heavy (non-hydrogen) atoms. The van der Waals surface area contributed by atoms with Crippen LogP contribution in [0, 0.1) is 12.3 Å². The van der Waals surface area contributed by atoms with Crippen molar-refractivity contribution >= 4 is 35.2 Å². The largest absolute Gasteiger partial charge is 0.498 e. The molecule has 2 heterocycles. The van der Waals surface area contributed by atoms with Gasteiger partial charge in [-0.25, -0.2) is 9.97 Å². The van der Waals surface area contributed by atoms with Crippen molar-refractivity contribution in [2.75, 3.05) is 5.32 Å². The van der Waals surface area contributed by atoms with Crippen molar-refractivity contribution in [3.05, 3.63) is 31.5 Å². The van der Waals surface area contributed by atoms with E-state index in [0.29, 0.717) is 5.82 Å². The van der Waals surface area contributed by atoms with Gasteiger partial charge in [-0.2, -0.15) is 0 Å². The number of carbonyl (C=O) groups is 1. The van der Waals surface area contributed by atoms with Gasteiger partial charge in [-0.05, 0) is 31.4 Å². The summed E-state index contributed by atoms with van der Waals surface area (Å²) >= 11 is 0. The Bertz CT molecular complexity index is 843. The maximum Gasteiger partial charge on any atom is 0.498 e. The molecule has 0 aliphatic carbocycles. The summed E-state index contributed by atoms with van der Waals surface area (Å²) < 4.78 is 12.1. The topological polar surface area (TPSA) is 73.3 Å². The molecule has 1 N–H and O–H groups in total. The SMILES string of the molecule is [CH2+]C1(C)OB(c2ccc3ncnc(NC(=O)C(C)(C)C)c3c2)OC1(C)C. The van der Waals surface area contributed by atoms with E-state index in [4.69, 9.17) is 9.31 Å². The van der Waals surface area contributed by atoms with Gasteiger partial charge in [0.15, 0.2) is 0 Å². The second kappa shape index (κ2) is 5.96. The molecule has 1 aromatic carbocycles. The van der Waals surface area contributed by atoms with Crippen molar-refractivity contribution in [2.45, 2.75) is 52.7 Å². The van der Waals surface area contributed by atoms with Crippen LogP contribution in [0.25, 0.3) is 10.9 Å². The van der Waals surface area contributed by atoms with Crippen molar-refractivity contribution in [3.8, 4) is 0 Å². The Labute approximate surface area is 154 Å². The first-order valence-corrected chi connectivity index (χ1v) is 8.68. The van der Waals surface area contributed by atoms with Gasteiger partial charge in [0, 0.05) is 17.7 Å². The molecule has 1 saturated heterocycles. The molecule has 136 valence electrons. The van der Waals surface area contributed by atoms with E-state index in [0.717, 1.165) is 16.4 Å². The van der Waals surface area contributed by atoms with Gasteiger partial charge in [0.05, 0.1) is 12.4 Å². The lowest BCUT2D eigenvalue weighted by atomic mass is 9.78. The fraction of sp³-hybridized carbons (Fsp3) is 0.474. The highest BCUT2D eigenvalue weighted by atomic mass is 16.7. The lowest BCUT2D eigenvalue weighted by Gasteiger charge is -2.25. The molecule has 7 heteroatoms. The molecular weight excluding hydrogens is 329 g/mol. The monoisotopic (exact) mass is 354 g/mol. The zero-order chi connectivity index (χ0) is 19.3. The smallest absolute Gasteiger partial charge is 0.395 e. The van der Waals surface area contributed by atoms with Crippen LogP contribution in [-0.2, 0) is 14.1 Å². The first-order chi connectivity index (χ1) is 11.9.